The highest BCUT2D eigenvalue weighted by atomic mass is 16.2. The highest BCUT2D eigenvalue weighted by Gasteiger charge is 2.44. The predicted octanol–water partition coefficient (Wildman–Crippen LogP) is 2.34. The monoisotopic (exact) mass is 422 g/mol. The van der Waals surface area contributed by atoms with Crippen molar-refractivity contribution in [2.24, 2.45) is 5.92 Å². The van der Waals surface area contributed by atoms with Gasteiger partial charge in [-0.2, -0.15) is 0 Å². The molecule has 1 aliphatic carbocycles. The number of hydrogen-bond donors (Lipinski definition) is 1. The van der Waals surface area contributed by atoms with E-state index in [1.165, 1.54) is 12.8 Å². The second-order valence-electron chi connectivity index (χ2n) is 9.22. The highest BCUT2D eigenvalue weighted by Crippen LogP contribution is 2.42. The van der Waals surface area contributed by atoms with E-state index in [0.29, 0.717) is 30.4 Å². The van der Waals surface area contributed by atoms with Crippen molar-refractivity contribution in [3.05, 3.63) is 41.2 Å². The van der Waals surface area contributed by atoms with Crippen molar-refractivity contribution in [1.82, 2.24) is 30.0 Å². The molecule has 1 spiro atoms. The summed E-state index contributed by atoms with van der Waals surface area (Å²) < 4.78 is 2.02. The van der Waals surface area contributed by atoms with Gasteiger partial charge in [-0.1, -0.05) is 6.92 Å². The molecule has 0 aromatic carbocycles. The molecule has 3 aliphatic rings. The lowest BCUT2D eigenvalue weighted by atomic mass is 9.72. The average Bonchev–Trinajstić information content (AvgIpc) is 3.54. The van der Waals surface area contributed by atoms with Gasteiger partial charge < -0.3 is 14.8 Å². The van der Waals surface area contributed by atoms with Crippen molar-refractivity contribution >= 4 is 11.8 Å². The second kappa shape index (κ2) is 8.05. The topological polar surface area (TPSA) is 93.0 Å². The first-order chi connectivity index (χ1) is 15.1. The number of piperidine rings is 1. The summed E-state index contributed by atoms with van der Waals surface area (Å²) in [5.74, 6) is 1.93. The molecule has 31 heavy (non-hydrogen) atoms. The molecule has 0 bridgehead atoms. The smallest absolute Gasteiger partial charge is 0.289 e. The number of nitrogens with zero attached hydrogens (tertiary/aromatic N) is 5. The number of hydrogen-bond acceptors (Lipinski definition) is 5. The molecule has 2 aromatic heterocycles. The summed E-state index contributed by atoms with van der Waals surface area (Å²) in [6.07, 6.45) is 8.69. The minimum Gasteiger partial charge on any atom is -0.349 e. The maximum absolute atomic E-state index is 12.9. The number of pyridine rings is 1. The van der Waals surface area contributed by atoms with Crippen molar-refractivity contribution < 1.29 is 9.59 Å². The molecule has 0 atom stereocenters. The van der Waals surface area contributed by atoms with Gasteiger partial charge in [-0.25, -0.2) is 0 Å². The molecule has 8 heteroatoms. The third-order valence-electron chi connectivity index (χ3n) is 7.16. The van der Waals surface area contributed by atoms with Gasteiger partial charge in [0.15, 0.2) is 0 Å². The van der Waals surface area contributed by atoms with E-state index in [2.05, 4.69) is 27.4 Å². The maximum Gasteiger partial charge on any atom is 0.289 e. The largest absolute Gasteiger partial charge is 0.349 e. The Bertz CT molecular complexity index is 970. The molecule has 0 unspecified atom stereocenters. The van der Waals surface area contributed by atoms with Gasteiger partial charge >= 0.3 is 0 Å². The van der Waals surface area contributed by atoms with Gasteiger partial charge in [-0.05, 0) is 63.0 Å². The van der Waals surface area contributed by atoms with E-state index in [1.54, 1.807) is 6.20 Å². The molecule has 164 valence electrons. The Morgan fingerprint density at radius 2 is 1.94 bits per heavy atom. The van der Waals surface area contributed by atoms with E-state index in [-0.39, 0.29) is 17.2 Å². The summed E-state index contributed by atoms with van der Waals surface area (Å²) in [4.78, 5) is 31.9. The number of nitrogens with one attached hydrogen (secondary N) is 1. The van der Waals surface area contributed by atoms with Crippen LogP contribution < -0.4 is 5.32 Å². The SMILES string of the molecule is CCc1ccc(C(=O)N2CCC3(CCCn4c(C(=O)NCC5CC5)nnc43)CC2)cn1. The molecule has 8 nitrogen and oxygen atoms in total. The van der Waals surface area contributed by atoms with E-state index in [0.717, 1.165) is 56.7 Å². The van der Waals surface area contributed by atoms with Crippen molar-refractivity contribution in [2.75, 3.05) is 19.6 Å². The molecule has 0 radical (unpaired) electrons. The minimum atomic E-state index is -0.113. The Balaban J connectivity index is 1.28. The number of fused-ring (bicyclic) bond motifs is 2. The van der Waals surface area contributed by atoms with E-state index < -0.39 is 0 Å². The number of rotatable bonds is 5. The zero-order chi connectivity index (χ0) is 21.4. The molecular formula is C23H30N6O2. The van der Waals surface area contributed by atoms with Crippen molar-refractivity contribution in [1.29, 1.82) is 0 Å². The van der Waals surface area contributed by atoms with Crippen LogP contribution in [-0.2, 0) is 18.4 Å². The Morgan fingerprint density at radius 3 is 2.61 bits per heavy atom. The Hall–Kier alpha value is -2.77. The fourth-order valence-corrected chi connectivity index (χ4v) is 4.95. The number of aryl methyl sites for hydroxylation is 1. The van der Waals surface area contributed by atoms with Gasteiger partial charge in [-0.3, -0.25) is 14.6 Å². The van der Waals surface area contributed by atoms with E-state index in [4.69, 9.17) is 0 Å². The average molecular weight is 423 g/mol. The van der Waals surface area contributed by atoms with E-state index >= 15 is 0 Å². The van der Waals surface area contributed by atoms with Gasteiger partial charge in [0.25, 0.3) is 11.8 Å². The van der Waals surface area contributed by atoms with E-state index in [1.807, 2.05) is 21.6 Å². The summed E-state index contributed by atoms with van der Waals surface area (Å²) in [6, 6.07) is 3.81. The zero-order valence-corrected chi connectivity index (χ0v) is 18.1. The van der Waals surface area contributed by atoms with Crippen LogP contribution in [0.3, 0.4) is 0 Å². The third-order valence-corrected chi connectivity index (χ3v) is 7.16. The summed E-state index contributed by atoms with van der Waals surface area (Å²) in [5, 5.41) is 11.8. The van der Waals surface area contributed by atoms with Crippen molar-refractivity contribution in [3.8, 4) is 0 Å². The number of carbonyl (C=O) groups is 2. The molecule has 1 saturated carbocycles. The molecule has 2 amide bonds. The number of carbonyl (C=O) groups excluding carboxylic acids is 2. The van der Waals surface area contributed by atoms with Crippen LogP contribution in [0.2, 0.25) is 0 Å². The molecule has 1 saturated heterocycles. The van der Waals surface area contributed by atoms with Gasteiger partial charge in [-0.15, -0.1) is 10.2 Å². The first kappa shape index (κ1) is 20.2. The van der Waals surface area contributed by atoms with Gasteiger partial charge in [0, 0.05) is 43.5 Å². The molecule has 4 heterocycles. The van der Waals surface area contributed by atoms with Crippen LogP contribution in [0.5, 0.6) is 0 Å². The lowest BCUT2D eigenvalue weighted by molar-refractivity contribution is 0.0633. The number of amides is 2. The standard InChI is InChI=1S/C23H30N6O2/c1-2-18-7-6-17(15-24-18)21(31)28-12-9-23(10-13-28)8-3-11-29-19(26-27-22(23)29)20(30)25-14-16-4-5-16/h6-7,15-16H,2-5,8-14H2,1H3,(H,25,30). The fourth-order valence-electron chi connectivity index (χ4n) is 4.95. The first-order valence-corrected chi connectivity index (χ1v) is 11.6. The molecule has 2 aromatic rings. The normalized spacial score (nSPS) is 19.8. The second-order valence-corrected chi connectivity index (χ2v) is 9.22. The predicted molar refractivity (Wildman–Crippen MR) is 115 cm³/mol. The van der Waals surface area contributed by atoms with Crippen molar-refractivity contribution in [3.63, 3.8) is 0 Å². The van der Waals surface area contributed by atoms with Gasteiger partial charge in [0.2, 0.25) is 5.82 Å². The molecular weight excluding hydrogens is 392 g/mol. The Kier molecular flexibility index (Phi) is 5.24. The van der Waals surface area contributed by atoms with Crippen LogP contribution in [-0.4, -0.2) is 56.1 Å². The first-order valence-electron chi connectivity index (χ1n) is 11.6. The third kappa shape index (κ3) is 3.83. The Morgan fingerprint density at radius 1 is 1.13 bits per heavy atom. The van der Waals surface area contributed by atoms with Crippen LogP contribution in [0.1, 0.15) is 77.9 Å². The van der Waals surface area contributed by atoms with Gasteiger partial charge in [0.05, 0.1) is 5.56 Å². The highest BCUT2D eigenvalue weighted by molar-refractivity contribution is 5.94. The van der Waals surface area contributed by atoms with Crippen LogP contribution in [0.15, 0.2) is 18.3 Å². The lowest BCUT2D eigenvalue weighted by Gasteiger charge is -2.43. The molecule has 2 aliphatic heterocycles. The van der Waals surface area contributed by atoms with Crippen LogP contribution in [0.25, 0.3) is 0 Å². The van der Waals surface area contributed by atoms with Crippen LogP contribution in [0.4, 0.5) is 0 Å². The van der Waals surface area contributed by atoms with E-state index in [9.17, 15) is 9.59 Å². The number of likely N-dealkylation sites (tertiary alicyclic amines) is 1. The lowest BCUT2D eigenvalue weighted by Crippen LogP contribution is -2.48. The summed E-state index contributed by atoms with van der Waals surface area (Å²) in [5.41, 5.74) is 1.55. The van der Waals surface area contributed by atoms with Crippen LogP contribution >= 0.6 is 0 Å². The Labute approximate surface area is 182 Å². The fraction of sp³-hybridized carbons (Fsp3) is 0.609. The van der Waals surface area contributed by atoms with Gasteiger partial charge in [0.1, 0.15) is 5.82 Å². The molecule has 2 fully saturated rings. The van der Waals surface area contributed by atoms with Crippen LogP contribution in [0, 0.1) is 5.92 Å². The molecule has 5 rings (SSSR count). The quantitative estimate of drug-likeness (QED) is 0.798. The summed E-state index contributed by atoms with van der Waals surface area (Å²) in [7, 11) is 0. The summed E-state index contributed by atoms with van der Waals surface area (Å²) >= 11 is 0. The number of aromatic nitrogens is 4. The zero-order valence-electron chi connectivity index (χ0n) is 18.1. The maximum atomic E-state index is 12.9. The molecule has 1 N–H and O–H groups in total. The minimum absolute atomic E-state index is 0.0439. The summed E-state index contributed by atoms with van der Waals surface area (Å²) in [6.45, 7) is 4.94. The van der Waals surface area contributed by atoms with Crippen molar-refractivity contribution in [2.45, 2.75) is 63.8 Å².